The first-order chi connectivity index (χ1) is 7.18. The fraction of sp³-hybridized carbons (Fsp3) is 0.800. The van der Waals surface area contributed by atoms with Crippen LogP contribution in [0.25, 0.3) is 0 Å². The second-order valence-corrected chi connectivity index (χ2v) is 4.80. The molecule has 2 rings (SSSR count). The zero-order valence-electron chi connectivity index (χ0n) is 8.44. The Morgan fingerprint density at radius 3 is 2.47 bits per heavy atom. The molecule has 1 heterocycles. The summed E-state index contributed by atoms with van der Waals surface area (Å²) in [5, 5.41) is 3.07. The number of hydrogen-bond acceptors (Lipinski definition) is 5. The molecular weight excluding hydrogens is 214 g/mol. The van der Waals surface area contributed by atoms with Crippen LogP contribution in [0.4, 0.5) is 0 Å². The molecule has 1 N–H and O–H groups in total. The Morgan fingerprint density at radius 2 is 2.00 bits per heavy atom. The summed E-state index contributed by atoms with van der Waals surface area (Å²) in [4.78, 5) is 23.0. The summed E-state index contributed by atoms with van der Waals surface area (Å²) in [6.07, 6.45) is 3.45. The molecule has 2 aliphatic rings. The quantitative estimate of drug-likeness (QED) is 0.412. The minimum atomic E-state index is -0.426. The van der Waals surface area contributed by atoms with Crippen LogP contribution in [0.2, 0.25) is 0 Å². The average molecular weight is 229 g/mol. The van der Waals surface area contributed by atoms with Gasteiger partial charge in [-0.05, 0) is 32.2 Å². The van der Waals surface area contributed by atoms with Gasteiger partial charge in [-0.25, -0.2) is 4.79 Å². The molecule has 0 amide bonds. The Morgan fingerprint density at radius 1 is 1.20 bits per heavy atom. The third-order valence-electron chi connectivity index (χ3n) is 3.09. The van der Waals surface area contributed by atoms with Gasteiger partial charge in [0.15, 0.2) is 0 Å². The van der Waals surface area contributed by atoms with E-state index in [4.69, 9.17) is 4.74 Å². The Balaban J connectivity index is 1.80. The number of carbonyl (C=O) groups is 2. The molecule has 84 valence electrons. The van der Waals surface area contributed by atoms with Crippen LogP contribution in [0.3, 0.4) is 0 Å². The highest BCUT2D eigenvalue weighted by atomic mass is 32.1. The van der Waals surface area contributed by atoms with Crippen molar-refractivity contribution in [2.75, 3.05) is 6.54 Å². The number of nitrogens with one attached hydrogen (secondary N) is 1. The van der Waals surface area contributed by atoms with Gasteiger partial charge in [-0.15, -0.1) is 0 Å². The maximum Gasteiger partial charge on any atom is 0.330 e. The summed E-state index contributed by atoms with van der Waals surface area (Å²) in [6.45, 7) is 0.826. The Kier molecular flexibility index (Phi) is 3.31. The van der Waals surface area contributed by atoms with E-state index in [1.165, 1.54) is 0 Å². The van der Waals surface area contributed by atoms with Gasteiger partial charge >= 0.3 is 11.9 Å². The molecule has 1 saturated heterocycles. The first-order valence-electron chi connectivity index (χ1n) is 5.35. The van der Waals surface area contributed by atoms with Crippen LogP contribution in [0.5, 0.6) is 0 Å². The Labute approximate surface area is 94.2 Å². The van der Waals surface area contributed by atoms with Crippen molar-refractivity contribution in [1.29, 1.82) is 0 Å². The van der Waals surface area contributed by atoms with E-state index in [9.17, 15) is 9.59 Å². The van der Waals surface area contributed by atoms with Gasteiger partial charge in [0.05, 0.1) is 5.92 Å². The van der Waals surface area contributed by atoms with Crippen molar-refractivity contribution in [1.82, 2.24) is 5.32 Å². The van der Waals surface area contributed by atoms with Crippen molar-refractivity contribution in [2.24, 2.45) is 5.92 Å². The second-order valence-electron chi connectivity index (χ2n) is 4.14. The topological polar surface area (TPSA) is 55.4 Å². The molecule has 0 aromatic rings. The highest BCUT2D eigenvalue weighted by molar-refractivity contribution is 7.81. The predicted molar refractivity (Wildman–Crippen MR) is 57.6 cm³/mol. The lowest BCUT2D eigenvalue weighted by Gasteiger charge is -2.30. The number of thiol groups is 1. The van der Waals surface area contributed by atoms with Crippen molar-refractivity contribution < 1.29 is 14.3 Å². The summed E-state index contributed by atoms with van der Waals surface area (Å²) < 4.78 is 4.82. The van der Waals surface area contributed by atoms with Crippen LogP contribution in [0.15, 0.2) is 0 Å². The highest BCUT2D eigenvalue weighted by Crippen LogP contribution is 2.33. The predicted octanol–water partition coefficient (Wildman–Crippen LogP) is 0.517. The molecule has 15 heavy (non-hydrogen) atoms. The van der Waals surface area contributed by atoms with Crippen LogP contribution in [0, 0.1) is 5.92 Å². The molecule has 1 aliphatic heterocycles. The van der Waals surface area contributed by atoms with Crippen LogP contribution >= 0.6 is 12.6 Å². The lowest BCUT2D eigenvalue weighted by molar-refractivity contribution is -0.165. The third kappa shape index (κ3) is 2.34. The average Bonchev–Trinajstić information content (AvgIpc) is 2.67. The summed E-state index contributed by atoms with van der Waals surface area (Å²) in [6, 6.07) is -0.285. The molecule has 0 spiro atoms. The van der Waals surface area contributed by atoms with Gasteiger partial charge in [0, 0.05) is 5.25 Å². The molecule has 5 heteroatoms. The standard InChI is InChI=1S/C10H15NO3S/c12-9(6-3-4-8(6)15)14-10(13)7-2-1-5-11-7/h6-8,11,15H,1-5H2/t6?,7-,8?/m0/s1. The van der Waals surface area contributed by atoms with Crippen molar-refractivity contribution in [3.63, 3.8) is 0 Å². The molecule has 0 radical (unpaired) electrons. The van der Waals surface area contributed by atoms with Gasteiger partial charge in [-0.1, -0.05) is 0 Å². The van der Waals surface area contributed by atoms with E-state index in [-0.39, 0.29) is 17.2 Å². The van der Waals surface area contributed by atoms with Crippen LogP contribution in [-0.2, 0) is 14.3 Å². The zero-order valence-corrected chi connectivity index (χ0v) is 9.33. The summed E-state index contributed by atoms with van der Waals surface area (Å²) in [7, 11) is 0. The summed E-state index contributed by atoms with van der Waals surface area (Å²) in [5.41, 5.74) is 0. The van der Waals surface area contributed by atoms with Gasteiger partial charge in [0.25, 0.3) is 0 Å². The first-order valence-corrected chi connectivity index (χ1v) is 5.87. The maximum atomic E-state index is 11.5. The number of ether oxygens (including phenoxy) is 1. The number of rotatable bonds is 2. The van der Waals surface area contributed by atoms with Crippen LogP contribution in [-0.4, -0.2) is 29.8 Å². The molecule has 2 unspecified atom stereocenters. The van der Waals surface area contributed by atoms with Crippen molar-refractivity contribution in [3.8, 4) is 0 Å². The fourth-order valence-electron chi connectivity index (χ4n) is 1.89. The van der Waals surface area contributed by atoms with Crippen LogP contribution < -0.4 is 5.32 Å². The Hall–Kier alpha value is -0.550. The molecule has 4 nitrogen and oxygen atoms in total. The van der Waals surface area contributed by atoms with E-state index >= 15 is 0 Å². The SMILES string of the molecule is O=C(OC(=O)[C@@H]1CCCN1)C1CCC1S. The molecule has 3 atom stereocenters. The van der Waals surface area contributed by atoms with Gasteiger partial charge in [-0.3, -0.25) is 4.79 Å². The normalized spacial score (nSPS) is 34.6. The molecule has 0 bridgehead atoms. The number of carbonyl (C=O) groups excluding carboxylic acids is 2. The van der Waals surface area contributed by atoms with E-state index in [0.29, 0.717) is 0 Å². The largest absolute Gasteiger partial charge is 0.392 e. The minimum Gasteiger partial charge on any atom is -0.392 e. The molecule has 0 aromatic carbocycles. The number of esters is 2. The van der Waals surface area contributed by atoms with E-state index in [1.54, 1.807) is 0 Å². The minimum absolute atomic E-state index is 0.0711. The first kappa shape index (κ1) is 11.0. The monoisotopic (exact) mass is 229 g/mol. The summed E-state index contributed by atoms with van der Waals surface area (Å²) in [5.74, 6) is -1.01. The zero-order chi connectivity index (χ0) is 10.8. The second kappa shape index (κ2) is 4.53. The van der Waals surface area contributed by atoms with E-state index in [2.05, 4.69) is 17.9 Å². The fourth-order valence-corrected chi connectivity index (χ4v) is 2.31. The molecule has 1 aliphatic carbocycles. The number of hydrogen-bond donors (Lipinski definition) is 2. The molecule has 1 saturated carbocycles. The van der Waals surface area contributed by atoms with E-state index in [0.717, 1.165) is 32.2 Å². The smallest absolute Gasteiger partial charge is 0.330 e. The summed E-state index contributed by atoms with van der Waals surface area (Å²) >= 11 is 4.22. The maximum absolute atomic E-state index is 11.5. The lowest BCUT2D eigenvalue weighted by Crippen LogP contribution is -2.40. The van der Waals surface area contributed by atoms with Crippen molar-refractivity contribution in [2.45, 2.75) is 37.0 Å². The van der Waals surface area contributed by atoms with E-state index < -0.39 is 11.9 Å². The van der Waals surface area contributed by atoms with Gasteiger partial charge in [-0.2, -0.15) is 12.6 Å². The van der Waals surface area contributed by atoms with Gasteiger partial charge in [0.1, 0.15) is 6.04 Å². The van der Waals surface area contributed by atoms with Crippen molar-refractivity contribution >= 4 is 24.6 Å². The molecule has 2 fully saturated rings. The molecule has 0 aromatic heterocycles. The Bertz CT molecular complexity index is 264. The molecular formula is C10H15NO3S. The highest BCUT2D eigenvalue weighted by Gasteiger charge is 2.37. The van der Waals surface area contributed by atoms with Crippen molar-refractivity contribution in [3.05, 3.63) is 0 Å². The van der Waals surface area contributed by atoms with Crippen LogP contribution in [0.1, 0.15) is 25.7 Å². The lowest BCUT2D eigenvalue weighted by atomic mass is 9.85. The van der Waals surface area contributed by atoms with Gasteiger partial charge in [0.2, 0.25) is 0 Å². The van der Waals surface area contributed by atoms with Gasteiger partial charge < -0.3 is 10.1 Å². The van der Waals surface area contributed by atoms with E-state index in [1.807, 2.05) is 0 Å². The third-order valence-corrected chi connectivity index (χ3v) is 3.70.